The Bertz CT molecular complexity index is 334. The van der Waals surface area contributed by atoms with Crippen LogP contribution in [0.4, 0.5) is 0 Å². The Labute approximate surface area is 115 Å². The van der Waals surface area contributed by atoms with Crippen LogP contribution in [0, 0.1) is 17.8 Å². The third-order valence-electron chi connectivity index (χ3n) is 4.81. The average molecular weight is 267 g/mol. The van der Waals surface area contributed by atoms with Crippen molar-refractivity contribution in [2.45, 2.75) is 57.9 Å². The average Bonchev–Trinajstić information content (AvgIpc) is 2.85. The van der Waals surface area contributed by atoms with Crippen LogP contribution in [0.15, 0.2) is 0 Å². The molecule has 4 nitrogen and oxygen atoms in total. The second-order valence-corrected chi connectivity index (χ2v) is 6.09. The number of methoxy groups -OCH3 is 1. The monoisotopic (exact) mass is 267 g/mol. The molecule has 0 saturated heterocycles. The highest BCUT2D eigenvalue weighted by Crippen LogP contribution is 2.32. The normalized spacial score (nSPS) is 34.8. The first kappa shape index (κ1) is 14.4. The van der Waals surface area contributed by atoms with Gasteiger partial charge >= 0.3 is 5.97 Å². The molecule has 2 atom stereocenters. The fourth-order valence-corrected chi connectivity index (χ4v) is 3.48. The summed E-state index contributed by atoms with van der Waals surface area (Å²) in [5, 5.41) is 3.18. The Kier molecular flexibility index (Phi) is 4.83. The molecule has 0 aromatic rings. The minimum atomic E-state index is -0.103. The second kappa shape index (κ2) is 6.40. The number of rotatable bonds is 3. The van der Waals surface area contributed by atoms with E-state index in [0.717, 1.165) is 32.1 Å². The Morgan fingerprint density at radius 3 is 2.26 bits per heavy atom. The molecule has 0 aromatic heterocycles. The van der Waals surface area contributed by atoms with E-state index in [4.69, 9.17) is 4.74 Å². The molecular formula is C15H25NO3. The Balaban J connectivity index is 1.76. The lowest BCUT2D eigenvalue weighted by atomic mass is 9.85. The van der Waals surface area contributed by atoms with Gasteiger partial charge in [-0.2, -0.15) is 0 Å². The molecule has 19 heavy (non-hydrogen) atoms. The molecule has 2 aliphatic rings. The highest BCUT2D eigenvalue weighted by Gasteiger charge is 2.32. The Hall–Kier alpha value is -1.06. The highest BCUT2D eigenvalue weighted by molar-refractivity contribution is 5.79. The minimum absolute atomic E-state index is 0.0311. The van der Waals surface area contributed by atoms with E-state index in [1.165, 1.54) is 20.0 Å². The number of carbonyl (C=O) groups excluding carboxylic acids is 2. The van der Waals surface area contributed by atoms with Crippen molar-refractivity contribution < 1.29 is 14.3 Å². The van der Waals surface area contributed by atoms with Crippen LogP contribution in [0.5, 0.6) is 0 Å². The lowest BCUT2D eigenvalue weighted by Crippen LogP contribution is -2.42. The number of amides is 1. The highest BCUT2D eigenvalue weighted by atomic mass is 16.5. The fourth-order valence-electron chi connectivity index (χ4n) is 3.48. The summed E-state index contributed by atoms with van der Waals surface area (Å²) < 4.78 is 4.78. The number of carbonyl (C=O) groups is 2. The molecule has 2 rings (SSSR count). The SMILES string of the molecule is COC(=O)C1CCC(NC(=O)C2CCCC2C)CC1. The summed E-state index contributed by atoms with van der Waals surface area (Å²) in [7, 11) is 1.44. The van der Waals surface area contributed by atoms with Gasteiger partial charge in [0.1, 0.15) is 0 Å². The van der Waals surface area contributed by atoms with Gasteiger partial charge in [0.15, 0.2) is 0 Å². The maximum Gasteiger partial charge on any atom is 0.308 e. The van der Waals surface area contributed by atoms with E-state index in [1.807, 2.05) is 0 Å². The van der Waals surface area contributed by atoms with Crippen LogP contribution in [0.25, 0.3) is 0 Å². The maximum absolute atomic E-state index is 12.2. The first-order valence-electron chi connectivity index (χ1n) is 7.50. The Morgan fingerprint density at radius 1 is 1.05 bits per heavy atom. The lowest BCUT2D eigenvalue weighted by molar-refractivity contribution is -0.146. The van der Waals surface area contributed by atoms with Crippen LogP contribution in [0.2, 0.25) is 0 Å². The van der Waals surface area contributed by atoms with Crippen molar-refractivity contribution in [3.63, 3.8) is 0 Å². The van der Waals surface area contributed by atoms with Gasteiger partial charge in [0.2, 0.25) is 5.91 Å². The van der Waals surface area contributed by atoms with Gasteiger partial charge < -0.3 is 10.1 Å². The van der Waals surface area contributed by atoms with Gasteiger partial charge in [-0.25, -0.2) is 0 Å². The van der Waals surface area contributed by atoms with Gasteiger partial charge in [0.05, 0.1) is 13.0 Å². The van der Waals surface area contributed by atoms with Crippen molar-refractivity contribution in [2.75, 3.05) is 7.11 Å². The van der Waals surface area contributed by atoms with Crippen molar-refractivity contribution in [3.05, 3.63) is 0 Å². The van der Waals surface area contributed by atoms with E-state index in [-0.39, 0.29) is 29.8 Å². The summed E-state index contributed by atoms with van der Waals surface area (Å²) in [6, 6.07) is 0.251. The molecule has 0 radical (unpaired) electrons. The smallest absolute Gasteiger partial charge is 0.308 e. The standard InChI is InChI=1S/C15H25NO3/c1-10-4-3-5-13(10)14(17)16-12-8-6-11(7-9-12)15(18)19-2/h10-13H,3-9H2,1-2H3,(H,16,17). The molecule has 4 heteroatoms. The quantitative estimate of drug-likeness (QED) is 0.798. The maximum atomic E-state index is 12.2. The van der Waals surface area contributed by atoms with E-state index < -0.39 is 0 Å². The number of esters is 1. The molecule has 0 heterocycles. The summed E-state index contributed by atoms with van der Waals surface area (Å²) in [6.07, 6.45) is 6.83. The zero-order valence-electron chi connectivity index (χ0n) is 12.0. The lowest BCUT2D eigenvalue weighted by Gasteiger charge is -2.29. The van der Waals surface area contributed by atoms with Gasteiger partial charge in [-0.05, 0) is 44.4 Å². The van der Waals surface area contributed by atoms with Crippen LogP contribution in [-0.4, -0.2) is 25.0 Å². The minimum Gasteiger partial charge on any atom is -0.469 e. The van der Waals surface area contributed by atoms with E-state index in [2.05, 4.69) is 12.2 Å². The molecule has 2 unspecified atom stereocenters. The van der Waals surface area contributed by atoms with Crippen LogP contribution < -0.4 is 5.32 Å². The van der Waals surface area contributed by atoms with Crippen molar-refractivity contribution in [2.24, 2.45) is 17.8 Å². The first-order chi connectivity index (χ1) is 9.11. The van der Waals surface area contributed by atoms with Gasteiger partial charge in [-0.15, -0.1) is 0 Å². The zero-order chi connectivity index (χ0) is 13.8. The molecule has 0 bridgehead atoms. The molecular weight excluding hydrogens is 242 g/mol. The van der Waals surface area contributed by atoms with Gasteiger partial charge in [-0.1, -0.05) is 13.3 Å². The predicted molar refractivity (Wildman–Crippen MR) is 72.4 cm³/mol. The van der Waals surface area contributed by atoms with E-state index >= 15 is 0 Å². The molecule has 0 aliphatic heterocycles. The molecule has 108 valence electrons. The molecule has 0 spiro atoms. The predicted octanol–water partition coefficient (Wildman–Crippen LogP) is 2.27. The molecule has 2 saturated carbocycles. The summed E-state index contributed by atoms with van der Waals surface area (Å²) in [5.41, 5.74) is 0. The number of hydrogen-bond acceptors (Lipinski definition) is 3. The van der Waals surface area contributed by atoms with Gasteiger partial charge in [0.25, 0.3) is 0 Å². The van der Waals surface area contributed by atoms with Crippen molar-refractivity contribution in [3.8, 4) is 0 Å². The van der Waals surface area contributed by atoms with Crippen molar-refractivity contribution in [1.82, 2.24) is 5.32 Å². The van der Waals surface area contributed by atoms with Gasteiger partial charge in [-0.3, -0.25) is 9.59 Å². The third-order valence-corrected chi connectivity index (χ3v) is 4.81. The van der Waals surface area contributed by atoms with Crippen LogP contribution in [0.1, 0.15) is 51.9 Å². The van der Waals surface area contributed by atoms with Crippen LogP contribution >= 0.6 is 0 Å². The van der Waals surface area contributed by atoms with E-state index in [1.54, 1.807) is 0 Å². The Morgan fingerprint density at radius 2 is 1.74 bits per heavy atom. The summed E-state index contributed by atoms with van der Waals surface area (Å²) in [5.74, 6) is 0.883. The van der Waals surface area contributed by atoms with E-state index in [0.29, 0.717) is 5.92 Å². The summed E-state index contributed by atoms with van der Waals surface area (Å²) >= 11 is 0. The first-order valence-corrected chi connectivity index (χ1v) is 7.50. The molecule has 2 fully saturated rings. The molecule has 1 N–H and O–H groups in total. The fraction of sp³-hybridized carbons (Fsp3) is 0.867. The van der Waals surface area contributed by atoms with Crippen LogP contribution in [-0.2, 0) is 14.3 Å². The topological polar surface area (TPSA) is 55.4 Å². The second-order valence-electron chi connectivity index (χ2n) is 6.09. The number of ether oxygens (including phenoxy) is 1. The van der Waals surface area contributed by atoms with E-state index in [9.17, 15) is 9.59 Å². The third kappa shape index (κ3) is 3.48. The zero-order valence-corrected chi connectivity index (χ0v) is 12.0. The summed E-state index contributed by atoms with van der Waals surface area (Å²) in [6.45, 7) is 2.17. The molecule has 2 aliphatic carbocycles. The van der Waals surface area contributed by atoms with Crippen LogP contribution in [0.3, 0.4) is 0 Å². The largest absolute Gasteiger partial charge is 0.469 e. The van der Waals surface area contributed by atoms with Gasteiger partial charge in [0, 0.05) is 12.0 Å². The molecule has 0 aromatic carbocycles. The molecule has 1 amide bonds. The summed E-state index contributed by atoms with van der Waals surface area (Å²) in [4.78, 5) is 23.6. The van der Waals surface area contributed by atoms with Crippen molar-refractivity contribution in [1.29, 1.82) is 0 Å². The number of nitrogens with one attached hydrogen (secondary N) is 1. The van der Waals surface area contributed by atoms with Crippen molar-refractivity contribution >= 4 is 11.9 Å². The number of hydrogen-bond donors (Lipinski definition) is 1.